The van der Waals surface area contributed by atoms with Gasteiger partial charge < -0.3 is 15.0 Å². The highest BCUT2D eigenvalue weighted by Gasteiger charge is 2.21. The lowest BCUT2D eigenvalue weighted by Crippen LogP contribution is -2.37. The van der Waals surface area contributed by atoms with Crippen LogP contribution in [-0.2, 0) is 11.3 Å². The van der Waals surface area contributed by atoms with E-state index in [2.05, 4.69) is 15.3 Å². The van der Waals surface area contributed by atoms with Gasteiger partial charge in [0, 0.05) is 31.9 Å². The smallest absolute Gasteiger partial charge is 0.273 e. The van der Waals surface area contributed by atoms with Crippen LogP contribution >= 0.6 is 0 Å². The molecule has 2 aromatic rings. The van der Waals surface area contributed by atoms with Crippen molar-refractivity contribution in [2.45, 2.75) is 45.4 Å². The summed E-state index contributed by atoms with van der Waals surface area (Å²) in [6, 6.07) is 11.7. The Morgan fingerprint density at radius 1 is 1.31 bits per heavy atom. The molecule has 26 heavy (non-hydrogen) atoms. The van der Waals surface area contributed by atoms with Crippen LogP contribution in [0.4, 0.5) is 5.95 Å². The molecule has 0 bridgehead atoms. The average molecular weight is 354 g/mol. The van der Waals surface area contributed by atoms with Gasteiger partial charge in [-0.2, -0.15) is 0 Å². The van der Waals surface area contributed by atoms with E-state index in [4.69, 9.17) is 4.74 Å². The number of hydrogen-bond donors (Lipinski definition) is 1. The topological polar surface area (TPSA) is 67.4 Å². The highest BCUT2D eigenvalue weighted by atomic mass is 16.5. The number of carbonyl (C=O) groups excluding carboxylic acids is 1. The molecule has 0 saturated carbocycles. The summed E-state index contributed by atoms with van der Waals surface area (Å²) in [6.45, 7) is 6.06. The molecule has 1 saturated heterocycles. The molecule has 0 radical (unpaired) electrons. The third-order valence-electron chi connectivity index (χ3n) is 4.47. The van der Waals surface area contributed by atoms with E-state index in [1.807, 2.05) is 49.1 Å². The molecule has 1 unspecified atom stereocenters. The summed E-state index contributed by atoms with van der Waals surface area (Å²) in [7, 11) is 0. The first-order valence-electron chi connectivity index (χ1n) is 9.17. The molecule has 1 fully saturated rings. The van der Waals surface area contributed by atoms with Gasteiger partial charge in [-0.1, -0.05) is 30.3 Å². The minimum atomic E-state index is -0.0913. The number of nitrogens with one attached hydrogen (secondary N) is 1. The first-order valence-corrected chi connectivity index (χ1v) is 9.17. The van der Waals surface area contributed by atoms with Crippen LogP contribution < -0.4 is 5.32 Å². The zero-order valence-electron chi connectivity index (χ0n) is 15.4. The van der Waals surface area contributed by atoms with Crippen LogP contribution in [0, 0.1) is 0 Å². The van der Waals surface area contributed by atoms with Gasteiger partial charge in [0.2, 0.25) is 5.95 Å². The van der Waals surface area contributed by atoms with Crippen LogP contribution in [0.3, 0.4) is 0 Å². The minimum Gasteiger partial charge on any atom is -0.376 e. The molecule has 6 heteroatoms. The Balaban J connectivity index is 1.69. The molecule has 1 aromatic carbocycles. The number of nitrogens with zero attached hydrogens (tertiary/aromatic N) is 3. The van der Waals surface area contributed by atoms with Crippen molar-refractivity contribution in [3.05, 3.63) is 53.9 Å². The second-order valence-corrected chi connectivity index (χ2v) is 6.79. The maximum absolute atomic E-state index is 13.0. The number of carbonyl (C=O) groups is 1. The van der Waals surface area contributed by atoms with E-state index < -0.39 is 0 Å². The van der Waals surface area contributed by atoms with Crippen LogP contribution in [0.25, 0.3) is 0 Å². The Hall–Kier alpha value is -2.47. The number of benzene rings is 1. The average Bonchev–Trinajstić information content (AvgIpc) is 3.18. The fourth-order valence-electron chi connectivity index (χ4n) is 2.99. The summed E-state index contributed by atoms with van der Waals surface area (Å²) in [5.41, 5.74) is 1.50. The van der Waals surface area contributed by atoms with Crippen molar-refractivity contribution >= 4 is 11.9 Å². The Bertz CT molecular complexity index is 715. The van der Waals surface area contributed by atoms with Crippen molar-refractivity contribution in [1.82, 2.24) is 14.9 Å². The van der Waals surface area contributed by atoms with Crippen molar-refractivity contribution in [2.24, 2.45) is 0 Å². The molecule has 0 spiro atoms. The Labute approximate surface area is 154 Å². The van der Waals surface area contributed by atoms with Gasteiger partial charge in [-0.25, -0.2) is 9.97 Å². The Kier molecular flexibility index (Phi) is 6.17. The number of hydrogen-bond acceptors (Lipinski definition) is 5. The molecular weight excluding hydrogens is 328 g/mol. The van der Waals surface area contributed by atoms with E-state index in [1.165, 1.54) is 0 Å². The first kappa shape index (κ1) is 18.3. The van der Waals surface area contributed by atoms with Crippen LogP contribution in [0.15, 0.2) is 42.6 Å². The summed E-state index contributed by atoms with van der Waals surface area (Å²) < 4.78 is 5.60. The fraction of sp³-hybridized carbons (Fsp3) is 0.450. The molecule has 138 valence electrons. The van der Waals surface area contributed by atoms with Gasteiger partial charge in [-0.3, -0.25) is 4.79 Å². The number of anilines is 1. The maximum Gasteiger partial charge on any atom is 0.273 e. The zero-order valence-corrected chi connectivity index (χ0v) is 15.4. The SMILES string of the molecule is CC(C)N(Cc1ccccc1)C(=O)c1ccnc(NCC2CCCO2)n1. The molecule has 2 heterocycles. The highest BCUT2D eigenvalue weighted by molar-refractivity contribution is 5.92. The van der Waals surface area contributed by atoms with Crippen molar-refractivity contribution in [1.29, 1.82) is 0 Å². The monoisotopic (exact) mass is 354 g/mol. The lowest BCUT2D eigenvalue weighted by Gasteiger charge is -2.26. The summed E-state index contributed by atoms with van der Waals surface area (Å²) in [5.74, 6) is 0.376. The van der Waals surface area contributed by atoms with Crippen LogP contribution in [0.2, 0.25) is 0 Å². The Morgan fingerprint density at radius 3 is 2.81 bits per heavy atom. The van der Waals surface area contributed by atoms with Crippen LogP contribution in [0.1, 0.15) is 42.7 Å². The molecule has 1 aromatic heterocycles. The van der Waals surface area contributed by atoms with E-state index in [0.29, 0.717) is 24.7 Å². The van der Waals surface area contributed by atoms with E-state index >= 15 is 0 Å². The van der Waals surface area contributed by atoms with Crippen molar-refractivity contribution < 1.29 is 9.53 Å². The van der Waals surface area contributed by atoms with Gasteiger partial charge >= 0.3 is 0 Å². The number of amides is 1. The van der Waals surface area contributed by atoms with Gasteiger partial charge in [-0.05, 0) is 38.3 Å². The minimum absolute atomic E-state index is 0.0703. The predicted octanol–water partition coefficient (Wildman–Crippen LogP) is 3.12. The molecule has 0 aliphatic carbocycles. The normalized spacial score (nSPS) is 16.7. The summed E-state index contributed by atoms with van der Waals surface area (Å²) in [4.78, 5) is 23.4. The Morgan fingerprint density at radius 2 is 2.12 bits per heavy atom. The number of rotatable bonds is 7. The van der Waals surface area contributed by atoms with Crippen LogP contribution in [0.5, 0.6) is 0 Å². The van der Waals surface area contributed by atoms with E-state index in [-0.39, 0.29) is 18.1 Å². The highest BCUT2D eigenvalue weighted by Crippen LogP contribution is 2.14. The fourth-order valence-corrected chi connectivity index (χ4v) is 2.99. The predicted molar refractivity (Wildman–Crippen MR) is 101 cm³/mol. The van der Waals surface area contributed by atoms with Crippen LogP contribution in [-0.4, -0.2) is 46.1 Å². The van der Waals surface area contributed by atoms with Crippen molar-refractivity contribution in [3.63, 3.8) is 0 Å². The van der Waals surface area contributed by atoms with E-state index in [1.54, 1.807) is 12.3 Å². The summed E-state index contributed by atoms with van der Waals surface area (Å²) in [5, 5.41) is 3.18. The maximum atomic E-state index is 13.0. The summed E-state index contributed by atoms with van der Waals surface area (Å²) >= 11 is 0. The van der Waals surface area contributed by atoms with Crippen molar-refractivity contribution in [3.8, 4) is 0 Å². The van der Waals surface area contributed by atoms with Gasteiger partial charge in [0.15, 0.2) is 0 Å². The van der Waals surface area contributed by atoms with E-state index in [0.717, 1.165) is 25.0 Å². The molecule has 1 aliphatic rings. The molecule has 1 amide bonds. The number of ether oxygens (including phenoxy) is 1. The zero-order chi connectivity index (χ0) is 18.4. The first-order chi connectivity index (χ1) is 12.6. The standard InChI is InChI=1S/C20H26N4O2/c1-15(2)24(14-16-7-4-3-5-8-16)19(25)18-10-11-21-20(23-18)22-13-17-9-6-12-26-17/h3-5,7-8,10-11,15,17H,6,9,12-14H2,1-2H3,(H,21,22,23). The summed E-state index contributed by atoms with van der Waals surface area (Å²) in [6.07, 6.45) is 3.96. The molecule has 6 nitrogen and oxygen atoms in total. The van der Waals surface area contributed by atoms with Crippen molar-refractivity contribution in [2.75, 3.05) is 18.5 Å². The lowest BCUT2D eigenvalue weighted by molar-refractivity contribution is 0.0684. The second-order valence-electron chi connectivity index (χ2n) is 6.79. The third kappa shape index (κ3) is 4.79. The molecule has 3 rings (SSSR count). The quantitative estimate of drug-likeness (QED) is 0.827. The van der Waals surface area contributed by atoms with E-state index in [9.17, 15) is 4.79 Å². The molecule has 1 aliphatic heterocycles. The van der Waals surface area contributed by atoms with Gasteiger partial charge in [0.1, 0.15) is 5.69 Å². The second kappa shape index (κ2) is 8.76. The third-order valence-corrected chi connectivity index (χ3v) is 4.47. The largest absolute Gasteiger partial charge is 0.376 e. The van der Waals surface area contributed by atoms with Gasteiger partial charge in [0.25, 0.3) is 5.91 Å². The van der Waals surface area contributed by atoms with Gasteiger partial charge in [-0.15, -0.1) is 0 Å². The number of aromatic nitrogens is 2. The van der Waals surface area contributed by atoms with Gasteiger partial charge in [0.05, 0.1) is 6.10 Å². The molecule has 1 N–H and O–H groups in total. The lowest BCUT2D eigenvalue weighted by atomic mass is 10.1. The molecular formula is C20H26N4O2. The molecule has 1 atom stereocenters.